The monoisotopic (exact) mass is 351 g/mol. The third kappa shape index (κ3) is 4.69. The Labute approximate surface area is 152 Å². The molecular formula is C20H21N3O3. The molecule has 0 atom stereocenters. The second-order valence-corrected chi connectivity index (χ2v) is 6.33. The summed E-state index contributed by atoms with van der Waals surface area (Å²) in [5.41, 5.74) is 2.24. The minimum Gasteiger partial charge on any atom is -0.477 e. The van der Waals surface area contributed by atoms with Crippen LogP contribution in [0.5, 0.6) is 5.88 Å². The number of carbonyl (C=O) groups is 1. The van der Waals surface area contributed by atoms with Gasteiger partial charge in [-0.25, -0.2) is 4.98 Å². The second kappa shape index (κ2) is 8.29. The van der Waals surface area contributed by atoms with Gasteiger partial charge in [-0.2, -0.15) is 0 Å². The molecular weight excluding hydrogens is 330 g/mol. The molecule has 0 unspecified atom stereocenters. The van der Waals surface area contributed by atoms with Gasteiger partial charge in [0.05, 0.1) is 18.4 Å². The summed E-state index contributed by atoms with van der Waals surface area (Å²) < 4.78 is 10.9. The quantitative estimate of drug-likeness (QED) is 0.702. The Morgan fingerprint density at radius 2 is 2.12 bits per heavy atom. The van der Waals surface area contributed by atoms with E-state index in [4.69, 9.17) is 9.15 Å². The van der Waals surface area contributed by atoms with Gasteiger partial charge in [0.25, 0.3) is 5.91 Å². The van der Waals surface area contributed by atoms with Gasteiger partial charge in [-0.3, -0.25) is 9.78 Å². The Bertz CT molecular complexity index is 843. The standard InChI is InChI=1S/C20H21N3O3/c1-14(2)13-26-19-6-5-16(12-22-19)20(24)23-10-15-8-17(11-21-9-15)18-4-3-7-25-18/h3-9,11-12,14H,10,13H2,1-2H3,(H,23,24). The zero-order chi connectivity index (χ0) is 18.4. The first-order chi connectivity index (χ1) is 12.6. The molecule has 1 amide bonds. The number of amides is 1. The summed E-state index contributed by atoms with van der Waals surface area (Å²) in [4.78, 5) is 20.6. The molecule has 3 aromatic rings. The maximum absolute atomic E-state index is 12.3. The lowest BCUT2D eigenvalue weighted by Gasteiger charge is -2.09. The van der Waals surface area contributed by atoms with Gasteiger partial charge in [-0.1, -0.05) is 13.8 Å². The molecule has 0 aromatic carbocycles. The smallest absolute Gasteiger partial charge is 0.253 e. The number of aromatic nitrogens is 2. The van der Waals surface area contributed by atoms with Crippen LogP contribution in [-0.2, 0) is 6.54 Å². The van der Waals surface area contributed by atoms with Crippen LogP contribution in [0.4, 0.5) is 0 Å². The summed E-state index contributed by atoms with van der Waals surface area (Å²) in [5.74, 6) is 1.49. The number of furan rings is 1. The van der Waals surface area contributed by atoms with Crippen LogP contribution in [0.15, 0.2) is 59.6 Å². The Morgan fingerprint density at radius 1 is 1.23 bits per heavy atom. The van der Waals surface area contributed by atoms with Crippen LogP contribution < -0.4 is 10.1 Å². The van der Waals surface area contributed by atoms with Crippen LogP contribution in [0.1, 0.15) is 29.8 Å². The van der Waals surface area contributed by atoms with E-state index >= 15 is 0 Å². The first-order valence-electron chi connectivity index (χ1n) is 8.46. The molecule has 0 aliphatic heterocycles. The van der Waals surface area contributed by atoms with E-state index in [9.17, 15) is 4.79 Å². The number of hydrogen-bond donors (Lipinski definition) is 1. The van der Waals surface area contributed by atoms with E-state index in [1.165, 1.54) is 6.20 Å². The number of nitrogens with zero attached hydrogens (tertiary/aromatic N) is 2. The van der Waals surface area contributed by atoms with Gasteiger partial charge >= 0.3 is 0 Å². The lowest BCUT2D eigenvalue weighted by Crippen LogP contribution is -2.23. The Morgan fingerprint density at radius 3 is 2.81 bits per heavy atom. The number of rotatable bonds is 7. The van der Waals surface area contributed by atoms with Gasteiger partial charge in [0.2, 0.25) is 5.88 Å². The van der Waals surface area contributed by atoms with Gasteiger partial charge in [0.15, 0.2) is 0 Å². The fourth-order valence-electron chi connectivity index (χ4n) is 2.30. The van der Waals surface area contributed by atoms with Crippen molar-refractivity contribution in [1.29, 1.82) is 0 Å². The van der Waals surface area contributed by atoms with E-state index in [1.54, 1.807) is 30.8 Å². The van der Waals surface area contributed by atoms with Crippen LogP contribution in [-0.4, -0.2) is 22.5 Å². The fourth-order valence-corrected chi connectivity index (χ4v) is 2.30. The van der Waals surface area contributed by atoms with Crippen molar-refractivity contribution in [3.8, 4) is 17.2 Å². The molecule has 0 saturated carbocycles. The van der Waals surface area contributed by atoms with Crippen molar-refractivity contribution in [1.82, 2.24) is 15.3 Å². The highest BCUT2D eigenvalue weighted by Gasteiger charge is 2.08. The number of carbonyl (C=O) groups excluding carboxylic acids is 1. The van der Waals surface area contributed by atoms with Crippen LogP contribution in [0, 0.1) is 5.92 Å². The maximum Gasteiger partial charge on any atom is 0.253 e. The van der Waals surface area contributed by atoms with E-state index in [1.807, 2.05) is 18.2 Å². The normalized spacial score (nSPS) is 10.7. The highest BCUT2D eigenvalue weighted by molar-refractivity contribution is 5.93. The van der Waals surface area contributed by atoms with Crippen molar-refractivity contribution < 1.29 is 13.9 Å². The first kappa shape index (κ1) is 17.7. The van der Waals surface area contributed by atoms with Gasteiger partial charge in [-0.05, 0) is 35.7 Å². The molecule has 0 radical (unpaired) electrons. The van der Waals surface area contributed by atoms with E-state index in [2.05, 4.69) is 29.1 Å². The SMILES string of the molecule is CC(C)COc1ccc(C(=O)NCc2cncc(-c3ccco3)c2)cn1. The van der Waals surface area contributed by atoms with Crippen molar-refractivity contribution in [2.75, 3.05) is 6.61 Å². The Hall–Kier alpha value is -3.15. The first-order valence-corrected chi connectivity index (χ1v) is 8.46. The molecule has 0 aliphatic rings. The molecule has 0 saturated heterocycles. The van der Waals surface area contributed by atoms with Crippen molar-refractivity contribution >= 4 is 5.91 Å². The van der Waals surface area contributed by atoms with Crippen LogP contribution >= 0.6 is 0 Å². The largest absolute Gasteiger partial charge is 0.477 e. The molecule has 134 valence electrons. The number of ether oxygens (including phenoxy) is 1. The van der Waals surface area contributed by atoms with E-state index in [-0.39, 0.29) is 5.91 Å². The molecule has 0 spiro atoms. The predicted molar refractivity (Wildman–Crippen MR) is 97.7 cm³/mol. The number of hydrogen-bond acceptors (Lipinski definition) is 5. The number of pyridine rings is 2. The molecule has 1 N–H and O–H groups in total. The average Bonchev–Trinajstić information content (AvgIpc) is 3.20. The van der Waals surface area contributed by atoms with Crippen LogP contribution in [0.3, 0.4) is 0 Å². The van der Waals surface area contributed by atoms with Gasteiger partial charge in [0.1, 0.15) is 5.76 Å². The zero-order valence-corrected chi connectivity index (χ0v) is 14.8. The summed E-state index contributed by atoms with van der Waals surface area (Å²) >= 11 is 0. The number of nitrogens with one attached hydrogen (secondary N) is 1. The Kier molecular flexibility index (Phi) is 5.63. The predicted octanol–water partition coefficient (Wildman–Crippen LogP) is 3.70. The van der Waals surface area contributed by atoms with Crippen molar-refractivity contribution in [2.45, 2.75) is 20.4 Å². The fraction of sp³-hybridized carbons (Fsp3) is 0.250. The molecule has 3 heterocycles. The lowest BCUT2D eigenvalue weighted by molar-refractivity contribution is 0.0950. The summed E-state index contributed by atoms with van der Waals surface area (Å²) in [6, 6.07) is 9.04. The topological polar surface area (TPSA) is 77.2 Å². The molecule has 3 rings (SSSR count). The third-order valence-electron chi connectivity index (χ3n) is 3.62. The molecule has 6 heteroatoms. The van der Waals surface area contributed by atoms with E-state index in [0.717, 1.165) is 16.9 Å². The second-order valence-electron chi connectivity index (χ2n) is 6.33. The minimum atomic E-state index is -0.198. The Balaban J connectivity index is 1.58. The summed E-state index contributed by atoms with van der Waals surface area (Å²) in [6.07, 6.45) is 6.58. The maximum atomic E-state index is 12.3. The summed E-state index contributed by atoms with van der Waals surface area (Å²) in [6.45, 7) is 5.10. The van der Waals surface area contributed by atoms with Crippen LogP contribution in [0.2, 0.25) is 0 Å². The van der Waals surface area contributed by atoms with E-state index in [0.29, 0.717) is 30.5 Å². The molecule has 0 bridgehead atoms. The van der Waals surface area contributed by atoms with Crippen LogP contribution in [0.25, 0.3) is 11.3 Å². The van der Waals surface area contributed by atoms with Crippen molar-refractivity contribution in [2.24, 2.45) is 5.92 Å². The van der Waals surface area contributed by atoms with Gasteiger partial charge in [0, 0.05) is 36.8 Å². The zero-order valence-electron chi connectivity index (χ0n) is 14.8. The molecule has 26 heavy (non-hydrogen) atoms. The molecule has 0 aliphatic carbocycles. The summed E-state index contributed by atoms with van der Waals surface area (Å²) in [5, 5.41) is 2.87. The van der Waals surface area contributed by atoms with Gasteiger partial charge in [-0.15, -0.1) is 0 Å². The van der Waals surface area contributed by atoms with E-state index < -0.39 is 0 Å². The highest BCUT2D eigenvalue weighted by Crippen LogP contribution is 2.19. The minimum absolute atomic E-state index is 0.198. The van der Waals surface area contributed by atoms with Crippen molar-refractivity contribution in [3.63, 3.8) is 0 Å². The molecule has 0 fully saturated rings. The average molecular weight is 351 g/mol. The highest BCUT2D eigenvalue weighted by atomic mass is 16.5. The molecule has 3 aromatic heterocycles. The third-order valence-corrected chi connectivity index (χ3v) is 3.62. The lowest BCUT2D eigenvalue weighted by atomic mass is 10.1. The molecule has 6 nitrogen and oxygen atoms in total. The van der Waals surface area contributed by atoms with Crippen molar-refractivity contribution in [3.05, 3.63) is 66.3 Å². The van der Waals surface area contributed by atoms with Gasteiger partial charge < -0.3 is 14.5 Å². The summed E-state index contributed by atoms with van der Waals surface area (Å²) in [7, 11) is 0.